The predicted molar refractivity (Wildman–Crippen MR) is 114 cm³/mol. The number of amides is 1. The molecule has 0 aliphatic carbocycles. The Morgan fingerprint density at radius 1 is 1.18 bits per heavy atom. The quantitative estimate of drug-likeness (QED) is 0.477. The molecule has 0 radical (unpaired) electrons. The van der Waals surface area contributed by atoms with Gasteiger partial charge in [-0.15, -0.1) is 10.2 Å². The number of thioether (sulfide) groups is 1. The standard InChI is InChI=1S/C21H22ClN3O2S/c1-4-13(2)17-10-5-6-11-18(17)23-19(26)14(3)28-21-25-24-20(27-21)15-8-7-9-16(22)12-15/h5-14H,4H2,1-3H3,(H,23,26)/t13-,14+/m0/s1. The summed E-state index contributed by atoms with van der Waals surface area (Å²) < 4.78 is 5.68. The second-order valence-corrected chi connectivity index (χ2v) is 8.26. The van der Waals surface area contributed by atoms with Gasteiger partial charge in [0, 0.05) is 16.3 Å². The number of nitrogens with one attached hydrogen (secondary N) is 1. The number of rotatable bonds is 7. The Kier molecular flexibility index (Phi) is 6.75. The lowest BCUT2D eigenvalue weighted by Gasteiger charge is -2.17. The van der Waals surface area contributed by atoms with Gasteiger partial charge in [0.1, 0.15) is 0 Å². The molecule has 1 amide bonds. The van der Waals surface area contributed by atoms with E-state index in [0.717, 1.165) is 23.2 Å². The summed E-state index contributed by atoms with van der Waals surface area (Å²) in [5.74, 6) is 0.638. The van der Waals surface area contributed by atoms with Crippen LogP contribution in [-0.4, -0.2) is 21.4 Å². The summed E-state index contributed by atoms with van der Waals surface area (Å²) in [5.41, 5.74) is 2.72. The van der Waals surface area contributed by atoms with Crippen molar-refractivity contribution in [3.05, 3.63) is 59.1 Å². The smallest absolute Gasteiger partial charge is 0.277 e. The maximum atomic E-state index is 12.7. The van der Waals surface area contributed by atoms with Crippen molar-refractivity contribution in [1.82, 2.24) is 10.2 Å². The zero-order valence-corrected chi connectivity index (χ0v) is 17.6. The molecule has 3 rings (SSSR count). The Morgan fingerprint density at radius 2 is 1.96 bits per heavy atom. The third kappa shape index (κ3) is 4.94. The third-order valence-corrected chi connectivity index (χ3v) is 5.66. The highest BCUT2D eigenvalue weighted by Gasteiger charge is 2.20. The van der Waals surface area contributed by atoms with Gasteiger partial charge in [-0.25, -0.2) is 0 Å². The highest BCUT2D eigenvalue weighted by molar-refractivity contribution is 8.00. The summed E-state index contributed by atoms with van der Waals surface area (Å²) >= 11 is 7.23. The molecule has 0 spiro atoms. The van der Waals surface area contributed by atoms with Gasteiger partial charge < -0.3 is 9.73 Å². The second-order valence-electron chi connectivity index (χ2n) is 6.53. The number of aromatic nitrogens is 2. The molecule has 0 aliphatic heterocycles. The van der Waals surface area contributed by atoms with Crippen molar-refractivity contribution < 1.29 is 9.21 Å². The van der Waals surface area contributed by atoms with Crippen LogP contribution >= 0.6 is 23.4 Å². The van der Waals surface area contributed by atoms with E-state index in [9.17, 15) is 4.79 Å². The number of hydrogen-bond donors (Lipinski definition) is 1. The summed E-state index contributed by atoms with van der Waals surface area (Å²) in [4.78, 5) is 12.7. The van der Waals surface area contributed by atoms with Crippen molar-refractivity contribution in [3.63, 3.8) is 0 Å². The lowest BCUT2D eigenvalue weighted by Crippen LogP contribution is -2.23. The summed E-state index contributed by atoms with van der Waals surface area (Å²) in [6.45, 7) is 6.10. The minimum Gasteiger partial charge on any atom is -0.411 e. The predicted octanol–water partition coefficient (Wildman–Crippen LogP) is 6.02. The number of carbonyl (C=O) groups is 1. The van der Waals surface area contributed by atoms with Crippen molar-refractivity contribution in [1.29, 1.82) is 0 Å². The fourth-order valence-corrected chi connectivity index (χ4v) is 3.57. The average molecular weight is 416 g/mol. The Labute approximate surface area is 173 Å². The Morgan fingerprint density at radius 3 is 2.71 bits per heavy atom. The van der Waals surface area contributed by atoms with Gasteiger partial charge in [0.2, 0.25) is 11.8 Å². The highest BCUT2D eigenvalue weighted by atomic mass is 35.5. The third-order valence-electron chi connectivity index (χ3n) is 4.49. The molecule has 28 heavy (non-hydrogen) atoms. The van der Waals surface area contributed by atoms with E-state index < -0.39 is 5.25 Å². The minimum absolute atomic E-state index is 0.108. The van der Waals surface area contributed by atoms with Crippen LogP contribution in [0.25, 0.3) is 11.5 Å². The first kappa shape index (κ1) is 20.4. The van der Waals surface area contributed by atoms with Gasteiger partial charge in [-0.1, -0.05) is 61.5 Å². The van der Waals surface area contributed by atoms with Gasteiger partial charge >= 0.3 is 0 Å². The van der Waals surface area contributed by atoms with Gasteiger partial charge in [-0.3, -0.25) is 4.79 Å². The Balaban J connectivity index is 1.67. The molecule has 0 aliphatic rings. The van der Waals surface area contributed by atoms with Crippen LogP contribution in [0.2, 0.25) is 5.02 Å². The van der Waals surface area contributed by atoms with Gasteiger partial charge in [-0.2, -0.15) is 0 Å². The topological polar surface area (TPSA) is 68.0 Å². The molecule has 1 heterocycles. The van der Waals surface area contributed by atoms with Crippen LogP contribution in [0.5, 0.6) is 0 Å². The molecular formula is C21H22ClN3O2S. The molecule has 1 aromatic heterocycles. The zero-order valence-electron chi connectivity index (χ0n) is 16.0. The van der Waals surface area contributed by atoms with Gasteiger partial charge in [0.15, 0.2) is 0 Å². The van der Waals surface area contributed by atoms with Gasteiger partial charge in [0.05, 0.1) is 5.25 Å². The largest absolute Gasteiger partial charge is 0.411 e. The van der Waals surface area contributed by atoms with E-state index in [1.54, 1.807) is 12.1 Å². The molecular weight excluding hydrogens is 394 g/mol. The maximum absolute atomic E-state index is 12.7. The molecule has 5 nitrogen and oxygen atoms in total. The molecule has 1 N–H and O–H groups in total. The molecule has 0 bridgehead atoms. The summed E-state index contributed by atoms with van der Waals surface area (Å²) in [6.07, 6.45) is 1.01. The Bertz CT molecular complexity index is 960. The lowest BCUT2D eigenvalue weighted by atomic mass is 9.97. The number of hydrogen-bond acceptors (Lipinski definition) is 5. The molecule has 0 unspecified atom stereocenters. The fraction of sp³-hybridized carbons (Fsp3) is 0.286. The summed E-state index contributed by atoms with van der Waals surface area (Å²) in [5, 5.41) is 11.6. The van der Waals surface area contributed by atoms with E-state index >= 15 is 0 Å². The SMILES string of the molecule is CC[C@H](C)c1ccccc1NC(=O)[C@@H](C)Sc1nnc(-c2cccc(Cl)c2)o1. The molecule has 0 fully saturated rings. The average Bonchev–Trinajstić information content (AvgIpc) is 3.16. The summed E-state index contributed by atoms with van der Waals surface area (Å²) in [6, 6.07) is 15.1. The molecule has 146 valence electrons. The van der Waals surface area contributed by atoms with Crippen LogP contribution in [-0.2, 0) is 4.79 Å². The van der Waals surface area contributed by atoms with Crippen LogP contribution in [0.4, 0.5) is 5.69 Å². The first-order valence-corrected chi connectivity index (χ1v) is 10.4. The van der Waals surface area contributed by atoms with E-state index in [1.165, 1.54) is 11.8 Å². The number of anilines is 1. The van der Waals surface area contributed by atoms with E-state index in [1.807, 2.05) is 37.3 Å². The van der Waals surface area contributed by atoms with E-state index in [4.69, 9.17) is 16.0 Å². The molecule has 2 aromatic carbocycles. The monoisotopic (exact) mass is 415 g/mol. The molecule has 3 aromatic rings. The lowest BCUT2D eigenvalue weighted by molar-refractivity contribution is -0.115. The van der Waals surface area contributed by atoms with Crippen LogP contribution in [0, 0.1) is 0 Å². The van der Waals surface area contributed by atoms with Crippen LogP contribution in [0.3, 0.4) is 0 Å². The van der Waals surface area contributed by atoms with E-state index in [2.05, 4.69) is 35.4 Å². The molecule has 0 saturated carbocycles. The maximum Gasteiger partial charge on any atom is 0.277 e. The first-order valence-electron chi connectivity index (χ1n) is 9.13. The zero-order chi connectivity index (χ0) is 20.1. The number of nitrogens with zero attached hydrogens (tertiary/aromatic N) is 2. The molecule has 0 saturated heterocycles. The van der Waals surface area contributed by atoms with Crippen molar-refractivity contribution in [2.75, 3.05) is 5.32 Å². The number of para-hydroxylation sites is 1. The van der Waals surface area contributed by atoms with Crippen LogP contribution < -0.4 is 5.32 Å². The number of carbonyl (C=O) groups excluding carboxylic acids is 1. The molecule has 7 heteroatoms. The van der Waals surface area contributed by atoms with Crippen LogP contribution in [0.15, 0.2) is 58.2 Å². The van der Waals surface area contributed by atoms with Crippen LogP contribution in [0.1, 0.15) is 38.7 Å². The van der Waals surface area contributed by atoms with Crippen molar-refractivity contribution in [2.45, 2.75) is 43.6 Å². The van der Waals surface area contributed by atoms with Crippen molar-refractivity contribution in [2.24, 2.45) is 0 Å². The fourth-order valence-electron chi connectivity index (χ4n) is 2.70. The minimum atomic E-state index is -0.391. The van der Waals surface area contributed by atoms with Crippen molar-refractivity contribution >= 4 is 35.0 Å². The highest BCUT2D eigenvalue weighted by Crippen LogP contribution is 2.30. The van der Waals surface area contributed by atoms with Gasteiger partial charge in [0.25, 0.3) is 5.22 Å². The molecule has 2 atom stereocenters. The van der Waals surface area contributed by atoms with Gasteiger partial charge in [-0.05, 0) is 49.1 Å². The van der Waals surface area contributed by atoms with Crippen molar-refractivity contribution in [3.8, 4) is 11.5 Å². The Hall–Kier alpha value is -2.31. The second kappa shape index (κ2) is 9.26. The number of benzene rings is 2. The van der Waals surface area contributed by atoms with E-state index in [0.29, 0.717) is 22.1 Å². The number of halogens is 1. The first-order chi connectivity index (χ1) is 13.5. The summed E-state index contributed by atoms with van der Waals surface area (Å²) in [7, 11) is 0. The normalized spacial score (nSPS) is 13.1. The van der Waals surface area contributed by atoms with E-state index in [-0.39, 0.29) is 5.91 Å².